The Kier molecular flexibility index (Phi) is 4.56. The molecule has 1 rings (SSSR count). The van der Waals surface area contributed by atoms with Crippen LogP contribution in [0, 0.1) is 5.82 Å². The molecule has 0 radical (unpaired) electrons. The first-order valence-corrected chi connectivity index (χ1v) is 6.18. The van der Waals surface area contributed by atoms with Crippen molar-refractivity contribution in [2.24, 2.45) is 0 Å². The summed E-state index contributed by atoms with van der Waals surface area (Å²) in [5.41, 5.74) is 6.00. The average Bonchev–Trinajstić information content (AvgIpc) is 2.12. The van der Waals surface area contributed by atoms with E-state index in [0.717, 1.165) is 0 Å². The Morgan fingerprint density at radius 2 is 2.11 bits per heavy atom. The number of halogens is 2. The Labute approximate surface area is 114 Å². The molecule has 0 spiro atoms. The summed E-state index contributed by atoms with van der Waals surface area (Å²) in [7, 11) is 0. The molecule has 0 bridgehead atoms. The Morgan fingerprint density at radius 1 is 1.50 bits per heavy atom. The number of carbonyl (C=O) groups is 1. The van der Waals surface area contributed by atoms with Gasteiger partial charge in [-0.05, 0) is 32.9 Å². The topological polar surface area (TPSA) is 64.3 Å². The van der Waals surface area contributed by atoms with Gasteiger partial charge in [0.1, 0.15) is 11.4 Å². The zero-order valence-electron chi connectivity index (χ0n) is 10.5. The van der Waals surface area contributed by atoms with Crippen molar-refractivity contribution in [3.05, 3.63) is 28.0 Å². The van der Waals surface area contributed by atoms with Crippen molar-refractivity contribution < 1.29 is 13.9 Å². The predicted octanol–water partition coefficient (Wildman–Crippen LogP) is 3.20. The average molecular weight is 319 g/mol. The Hall–Kier alpha value is -1.30. The standard InChI is InChI=1S/C12H16BrFN2O2/c1-12(2,3)18-11(17)16-6-8-9(13)4-7(14)5-10(8)15/h4-5H,6,15H2,1-3H3,(H,16,17). The summed E-state index contributed by atoms with van der Waals surface area (Å²) < 4.78 is 18.6. The molecule has 1 aromatic rings. The molecule has 0 aliphatic carbocycles. The van der Waals surface area contributed by atoms with Gasteiger partial charge in [-0.2, -0.15) is 0 Å². The number of alkyl carbamates (subject to hydrolysis) is 1. The van der Waals surface area contributed by atoms with Crippen LogP contribution in [0.1, 0.15) is 26.3 Å². The second kappa shape index (κ2) is 5.56. The van der Waals surface area contributed by atoms with E-state index >= 15 is 0 Å². The fourth-order valence-electron chi connectivity index (χ4n) is 1.28. The van der Waals surface area contributed by atoms with Crippen molar-refractivity contribution in [1.29, 1.82) is 0 Å². The molecule has 0 aromatic heterocycles. The number of nitrogens with two attached hydrogens (primary N) is 1. The summed E-state index contributed by atoms with van der Waals surface area (Å²) in [6.07, 6.45) is -0.543. The van der Waals surface area contributed by atoms with E-state index in [1.807, 2.05) is 0 Å². The molecule has 100 valence electrons. The molecule has 1 aromatic carbocycles. The van der Waals surface area contributed by atoms with Crippen molar-refractivity contribution in [3.63, 3.8) is 0 Å². The van der Waals surface area contributed by atoms with E-state index in [1.54, 1.807) is 20.8 Å². The van der Waals surface area contributed by atoms with Crippen molar-refractivity contribution in [2.75, 3.05) is 5.73 Å². The smallest absolute Gasteiger partial charge is 0.407 e. The normalized spacial score (nSPS) is 11.2. The number of hydrogen-bond acceptors (Lipinski definition) is 3. The predicted molar refractivity (Wildman–Crippen MR) is 71.6 cm³/mol. The fraction of sp³-hybridized carbons (Fsp3) is 0.417. The van der Waals surface area contributed by atoms with E-state index in [-0.39, 0.29) is 12.2 Å². The lowest BCUT2D eigenvalue weighted by atomic mass is 10.2. The van der Waals surface area contributed by atoms with Gasteiger partial charge >= 0.3 is 6.09 Å². The minimum Gasteiger partial charge on any atom is -0.444 e. The molecule has 4 nitrogen and oxygen atoms in total. The lowest BCUT2D eigenvalue weighted by molar-refractivity contribution is 0.0523. The Balaban J connectivity index is 2.67. The minimum absolute atomic E-state index is 0.168. The summed E-state index contributed by atoms with van der Waals surface area (Å²) >= 11 is 3.20. The lowest BCUT2D eigenvalue weighted by Crippen LogP contribution is -2.32. The first kappa shape index (κ1) is 14.8. The number of amides is 1. The van der Waals surface area contributed by atoms with Gasteiger partial charge in [-0.25, -0.2) is 9.18 Å². The Bertz CT molecular complexity index is 435. The fourth-order valence-corrected chi connectivity index (χ4v) is 1.87. The van der Waals surface area contributed by atoms with Crippen LogP contribution in [0.4, 0.5) is 14.9 Å². The molecule has 0 aliphatic heterocycles. The van der Waals surface area contributed by atoms with Crippen LogP contribution in [0.2, 0.25) is 0 Å². The van der Waals surface area contributed by atoms with Gasteiger partial charge in [-0.3, -0.25) is 0 Å². The van der Waals surface area contributed by atoms with Gasteiger partial charge in [0.2, 0.25) is 0 Å². The number of nitrogen functional groups attached to an aromatic ring is 1. The molecule has 0 saturated heterocycles. The first-order valence-electron chi connectivity index (χ1n) is 5.39. The molecular weight excluding hydrogens is 303 g/mol. The van der Waals surface area contributed by atoms with E-state index in [9.17, 15) is 9.18 Å². The number of anilines is 1. The monoisotopic (exact) mass is 318 g/mol. The van der Waals surface area contributed by atoms with Crippen LogP contribution in [-0.2, 0) is 11.3 Å². The SMILES string of the molecule is CC(C)(C)OC(=O)NCc1c(N)cc(F)cc1Br. The van der Waals surface area contributed by atoms with Crippen LogP contribution in [-0.4, -0.2) is 11.7 Å². The second-order valence-electron chi connectivity index (χ2n) is 4.81. The van der Waals surface area contributed by atoms with Gasteiger partial charge < -0.3 is 15.8 Å². The number of benzene rings is 1. The molecule has 0 unspecified atom stereocenters. The van der Waals surface area contributed by atoms with Crippen LogP contribution in [0.5, 0.6) is 0 Å². The maximum absolute atomic E-state index is 13.0. The highest BCUT2D eigenvalue weighted by molar-refractivity contribution is 9.10. The van der Waals surface area contributed by atoms with Crippen LogP contribution in [0.25, 0.3) is 0 Å². The minimum atomic E-state index is -0.560. The van der Waals surface area contributed by atoms with Crippen LogP contribution < -0.4 is 11.1 Å². The van der Waals surface area contributed by atoms with E-state index in [0.29, 0.717) is 10.0 Å². The third kappa shape index (κ3) is 4.52. The molecule has 0 aliphatic rings. The van der Waals surface area contributed by atoms with Crippen molar-refractivity contribution in [3.8, 4) is 0 Å². The highest BCUT2D eigenvalue weighted by Crippen LogP contribution is 2.24. The van der Waals surface area contributed by atoms with Crippen LogP contribution >= 0.6 is 15.9 Å². The highest BCUT2D eigenvalue weighted by Gasteiger charge is 2.16. The molecule has 6 heteroatoms. The van der Waals surface area contributed by atoms with Crippen molar-refractivity contribution >= 4 is 27.7 Å². The maximum Gasteiger partial charge on any atom is 0.407 e. The molecule has 0 saturated carbocycles. The van der Waals surface area contributed by atoms with Gasteiger partial charge in [0.05, 0.1) is 0 Å². The first-order chi connectivity index (χ1) is 8.19. The van der Waals surface area contributed by atoms with Crippen LogP contribution in [0.3, 0.4) is 0 Å². The van der Waals surface area contributed by atoms with Gasteiger partial charge in [-0.15, -0.1) is 0 Å². The maximum atomic E-state index is 13.0. The van der Waals surface area contributed by atoms with Crippen LogP contribution in [0.15, 0.2) is 16.6 Å². The summed E-state index contributed by atoms with van der Waals surface area (Å²) in [5.74, 6) is -0.430. The second-order valence-corrected chi connectivity index (χ2v) is 5.67. The molecule has 0 heterocycles. The number of nitrogens with one attached hydrogen (secondary N) is 1. The number of carbonyl (C=O) groups excluding carboxylic acids is 1. The summed E-state index contributed by atoms with van der Waals surface area (Å²) in [5, 5.41) is 2.56. The third-order valence-corrected chi connectivity index (χ3v) is 2.71. The van der Waals surface area contributed by atoms with E-state index in [1.165, 1.54) is 12.1 Å². The van der Waals surface area contributed by atoms with Crippen molar-refractivity contribution in [2.45, 2.75) is 32.9 Å². The number of ether oxygens (including phenoxy) is 1. The van der Waals surface area contributed by atoms with Gasteiger partial charge in [-0.1, -0.05) is 15.9 Å². The number of hydrogen-bond donors (Lipinski definition) is 2. The van der Waals surface area contributed by atoms with Gasteiger partial charge in [0.25, 0.3) is 0 Å². The summed E-state index contributed by atoms with van der Waals surface area (Å²) in [6.45, 7) is 5.49. The molecule has 18 heavy (non-hydrogen) atoms. The molecule has 0 fully saturated rings. The van der Waals surface area contributed by atoms with Crippen molar-refractivity contribution in [1.82, 2.24) is 5.32 Å². The zero-order valence-corrected chi connectivity index (χ0v) is 12.1. The molecule has 3 N–H and O–H groups in total. The summed E-state index contributed by atoms with van der Waals surface area (Å²) in [6, 6.07) is 2.50. The highest BCUT2D eigenvalue weighted by atomic mass is 79.9. The Morgan fingerprint density at radius 3 is 2.61 bits per heavy atom. The van der Waals surface area contributed by atoms with E-state index in [2.05, 4.69) is 21.2 Å². The largest absolute Gasteiger partial charge is 0.444 e. The quantitative estimate of drug-likeness (QED) is 0.823. The zero-order chi connectivity index (χ0) is 13.9. The van der Waals surface area contributed by atoms with Gasteiger partial charge in [0, 0.05) is 22.3 Å². The molecular formula is C12H16BrFN2O2. The third-order valence-electron chi connectivity index (χ3n) is 2.00. The number of rotatable bonds is 2. The van der Waals surface area contributed by atoms with E-state index < -0.39 is 17.5 Å². The van der Waals surface area contributed by atoms with E-state index in [4.69, 9.17) is 10.5 Å². The molecule has 0 atom stereocenters. The summed E-state index contributed by atoms with van der Waals surface area (Å²) in [4.78, 5) is 11.5. The van der Waals surface area contributed by atoms with Gasteiger partial charge in [0.15, 0.2) is 0 Å². The molecule has 1 amide bonds. The lowest BCUT2D eigenvalue weighted by Gasteiger charge is -2.20.